The highest BCUT2D eigenvalue weighted by Gasteiger charge is 2.42. The minimum absolute atomic E-state index is 0.0424. The number of allylic oxidation sites excluding steroid dienone is 1. The van der Waals surface area contributed by atoms with Crippen LogP contribution in [0.3, 0.4) is 0 Å². The quantitative estimate of drug-likeness (QED) is 0.0983. The molecule has 1 aliphatic carbocycles. The molecule has 176 valence electrons. The number of nitrogens with zero attached hydrogens (tertiary/aromatic N) is 2. The summed E-state index contributed by atoms with van der Waals surface area (Å²) in [7, 11) is 0. The van der Waals surface area contributed by atoms with Gasteiger partial charge in [0.05, 0.1) is 16.7 Å². The lowest BCUT2D eigenvalue weighted by Crippen LogP contribution is -2.07. The summed E-state index contributed by atoms with van der Waals surface area (Å²) in [5.41, 5.74) is -0.906. The van der Waals surface area contributed by atoms with Crippen LogP contribution in [0.2, 0.25) is 0 Å². The highest BCUT2D eigenvalue weighted by Crippen LogP contribution is 2.36. The Kier molecular flexibility index (Phi) is 4.75. The van der Waals surface area contributed by atoms with Gasteiger partial charge in [-0.25, -0.2) is 17.6 Å². The fourth-order valence-electron chi connectivity index (χ4n) is 4.27. The molecule has 0 amide bonds. The summed E-state index contributed by atoms with van der Waals surface area (Å²) in [6.07, 6.45) is 1.03. The van der Waals surface area contributed by atoms with E-state index >= 15 is 0 Å². The third-order valence-electron chi connectivity index (χ3n) is 5.94. The van der Waals surface area contributed by atoms with Crippen molar-refractivity contribution in [1.82, 2.24) is 9.55 Å². The van der Waals surface area contributed by atoms with Crippen LogP contribution in [0.5, 0.6) is 0 Å². The zero-order chi connectivity index (χ0) is 25.1. The minimum atomic E-state index is -2.16. The van der Waals surface area contributed by atoms with Crippen LogP contribution in [0, 0.1) is 23.3 Å². The van der Waals surface area contributed by atoms with Crippen molar-refractivity contribution in [2.75, 3.05) is 0 Å². The summed E-state index contributed by atoms with van der Waals surface area (Å²) in [5, 5.41) is 0. The van der Waals surface area contributed by atoms with Gasteiger partial charge in [-0.1, -0.05) is 48.5 Å². The summed E-state index contributed by atoms with van der Waals surface area (Å²) in [6.45, 7) is 0. The summed E-state index contributed by atoms with van der Waals surface area (Å²) < 4.78 is 63.7. The molecule has 0 aliphatic heterocycles. The summed E-state index contributed by atoms with van der Waals surface area (Å²) in [5.74, 6) is -10.1. The number of para-hydroxylation sites is 1. The zero-order valence-electron chi connectivity index (χ0n) is 18.1. The van der Waals surface area contributed by atoms with Gasteiger partial charge in [0.2, 0.25) is 17.3 Å². The topological polar surface area (TPSA) is 65.1 Å². The molecule has 2 heterocycles. The van der Waals surface area contributed by atoms with Crippen LogP contribution in [0.15, 0.2) is 76.7 Å². The van der Waals surface area contributed by atoms with E-state index in [0.717, 1.165) is 11.6 Å². The third-order valence-corrected chi connectivity index (χ3v) is 5.94. The fraction of sp³-hybridized carbons (Fsp3) is 0. The minimum Gasteiger partial charge on any atom is -0.436 e. The summed E-state index contributed by atoms with van der Waals surface area (Å²) in [6, 6.07) is 19.8. The summed E-state index contributed by atoms with van der Waals surface area (Å²) in [4.78, 5) is 30.1. The molecular formula is C27H12F4N2O3. The zero-order valence-corrected chi connectivity index (χ0v) is 18.1. The van der Waals surface area contributed by atoms with Crippen molar-refractivity contribution in [3.8, 4) is 17.0 Å². The maximum absolute atomic E-state index is 14.3. The SMILES string of the molecule is O=C1C(=Cc2nc3oc(-c4ccccc4)cc3n2-c2ccccc2)C(=O)c2c(F)c(F)c(F)c(F)c21. The smallest absolute Gasteiger partial charge is 0.246 e. The number of hydrogen-bond acceptors (Lipinski definition) is 4. The maximum atomic E-state index is 14.3. The molecule has 0 N–H and O–H groups in total. The van der Waals surface area contributed by atoms with Crippen molar-refractivity contribution in [1.29, 1.82) is 0 Å². The lowest BCUT2D eigenvalue weighted by atomic mass is 10.1. The number of imidazole rings is 1. The largest absolute Gasteiger partial charge is 0.436 e. The number of carbonyl (C=O) groups is 2. The van der Waals surface area contributed by atoms with E-state index in [-0.39, 0.29) is 11.5 Å². The first-order valence-electron chi connectivity index (χ1n) is 10.7. The van der Waals surface area contributed by atoms with E-state index in [1.165, 1.54) is 0 Å². The monoisotopic (exact) mass is 488 g/mol. The molecule has 9 heteroatoms. The van der Waals surface area contributed by atoms with Crippen molar-refractivity contribution in [3.63, 3.8) is 0 Å². The maximum Gasteiger partial charge on any atom is 0.246 e. The molecule has 0 unspecified atom stereocenters. The van der Waals surface area contributed by atoms with E-state index in [1.807, 2.05) is 30.3 Å². The van der Waals surface area contributed by atoms with Crippen LogP contribution in [0.1, 0.15) is 26.5 Å². The van der Waals surface area contributed by atoms with Crippen LogP contribution in [0.25, 0.3) is 34.3 Å². The van der Waals surface area contributed by atoms with Crippen LogP contribution >= 0.6 is 0 Å². The van der Waals surface area contributed by atoms with Crippen LogP contribution in [-0.2, 0) is 0 Å². The van der Waals surface area contributed by atoms with E-state index in [2.05, 4.69) is 4.98 Å². The molecule has 36 heavy (non-hydrogen) atoms. The molecule has 6 rings (SSSR count). The van der Waals surface area contributed by atoms with Gasteiger partial charge in [0.25, 0.3) is 0 Å². The second-order valence-electron chi connectivity index (χ2n) is 8.03. The average molecular weight is 488 g/mol. The van der Waals surface area contributed by atoms with Gasteiger partial charge in [0, 0.05) is 17.3 Å². The van der Waals surface area contributed by atoms with Gasteiger partial charge < -0.3 is 4.42 Å². The van der Waals surface area contributed by atoms with Crippen LogP contribution < -0.4 is 0 Å². The average Bonchev–Trinajstić information content (AvgIpc) is 3.53. The first-order chi connectivity index (χ1) is 17.4. The third kappa shape index (κ3) is 3.06. The van der Waals surface area contributed by atoms with Crippen molar-refractivity contribution in [3.05, 3.63) is 113 Å². The lowest BCUT2D eigenvalue weighted by Gasteiger charge is -2.06. The number of rotatable bonds is 3. The standard InChI is InChI=1S/C27H12F4N2O3/c28-21-19-20(22(29)24(31)23(21)30)26(35)15(25(19)34)11-18-32-27-16(33(18)14-9-5-2-6-10-14)12-17(36-27)13-7-3-1-4-8-13/h1-12H. The van der Waals surface area contributed by atoms with Crippen LogP contribution in [-0.4, -0.2) is 21.1 Å². The number of benzene rings is 3. The number of furan rings is 1. The van der Waals surface area contributed by atoms with Gasteiger partial charge in [-0.2, -0.15) is 4.98 Å². The second-order valence-corrected chi connectivity index (χ2v) is 8.03. The molecule has 0 atom stereocenters. The van der Waals surface area contributed by atoms with Crippen LogP contribution in [0.4, 0.5) is 17.6 Å². The van der Waals surface area contributed by atoms with Gasteiger partial charge >= 0.3 is 0 Å². The van der Waals surface area contributed by atoms with E-state index in [1.54, 1.807) is 41.0 Å². The molecule has 0 saturated carbocycles. The lowest BCUT2D eigenvalue weighted by molar-refractivity contribution is 0.0988. The number of fused-ring (bicyclic) bond motifs is 2. The Morgan fingerprint density at radius 1 is 0.750 bits per heavy atom. The molecule has 2 aromatic heterocycles. The number of ketones is 2. The van der Waals surface area contributed by atoms with E-state index < -0.39 is 51.5 Å². The molecule has 0 spiro atoms. The van der Waals surface area contributed by atoms with Crippen molar-refractivity contribution in [2.24, 2.45) is 0 Å². The highest BCUT2D eigenvalue weighted by atomic mass is 19.2. The van der Waals surface area contributed by atoms with E-state index in [4.69, 9.17) is 4.42 Å². The first kappa shape index (κ1) is 21.7. The Morgan fingerprint density at radius 3 is 1.89 bits per heavy atom. The Balaban J connectivity index is 1.56. The van der Waals surface area contributed by atoms with E-state index in [9.17, 15) is 27.2 Å². The van der Waals surface area contributed by atoms with Gasteiger partial charge in [-0.3, -0.25) is 14.2 Å². The van der Waals surface area contributed by atoms with Gasteiger partial charge in [-0.15, -0.1) is 0 Å². The van der Waals surface area contributed by atoms with Crippen molar-refractivity contribution >= 4 is 28.9 Å². The molecular weight excluding hydrogens is 476 g/mol. The number of aromatic nitrogens is 2. The molecule has 3 aromatic carbocycles. The van der Waals surface area contributed by atoms with Crippen molar-refractivity contribution in [2.45, 2.75) is 0 Å². The fourth-order valence-corrected chi connectivity index (χ4v) is 4.27. The van der Waals surface area contributed by atoms with Gasteiger partial charge in [0.1, 0.15) is 17.1 Å². The van der Waals surface area contributed by atoms with E-state index in [0.29, 0.717) is 17.0 Å². The molecule has 0 saturated heterocycles. The second kappa shape index (κ2) is 7.88. The Labute approximate surface area is 199 Å². The highest BCUT2D eigenvalue weighted by molar-refractivity contribution is 6.41. The Bertz CT molecular complexity index is 1700. The predicted octanol–water partition coefficient (Wildman–Crippen LogP) is 6.30. The normalized spacial score (nSPS) is 13.1. The Hall–Kier alpha value is -4.79. The van der Waals surface area contributed by atoms with Gasteiger partial charge in [-0.05, 0) is 18.2 Å². The number of carbonyl (C=O) groups excluding carboxylic acids is 2. The molecule has 0 fully saturated rings. The molecule has 5 aromatic rings. The Morgan fingerprint density at radius 2 is 1.31 bits per heavy atom. The molecule has 1 aliphatic rings. The van der Waals surface area contributed by atoms with Gasteiger partial charge in [0.15, 0.2) is 23.3 Å². The number of hydrogen-bond donors (Lipinski definition) is 0. The number of halogens is 4. The van der Waals surface area contributed by atoms with Crippen molar-refractivity contribution < 1.29 is 31.6 Å². The first-order valence-corrected chi connectivity index (χ1v) is 10.7. The summed E-state index contributed by atoms with van der Waals surface area (Å²) >= 11 is 0. The molecule has 0 radical (unpaired) electrons. The molecule has 5 nitrogen and oxygen atoms in total. The predicted molar refractivity (Wildman–Crippen MR) is 122 cm³/mol. The molecule has 0 bridgehead atoms. The number of Topliss-reactive ketones (excluding diaryl/α,β-unsaturated/α-hetero) is 2.